The van der Waals surface area contributed by atoms with Gasteiger partial charge in [0.1, 0.15) is 5.75 Å². The molecule has 0 saturated heterocycles. The highest BCUT2D eigenvalue weighted by Crippen LogP contribution is 2.30. The van der Waals surface area contributed by atoms with Crippen molar-refractivity contribution in [1.29, 1.82) is 0 Å². The second kappa shape index (κ2) is 8.44. The van der Waals surface area contributed by atoms with Crippen LogP contribution >= 0.6 is 0 Å². The van der Waals surface area contributed by atoms with Crippen LogP contribution in [0.25, 0.3) is 0 Å². The number of carbonyl (C=O) groups is 2. The fraction of sp³-hybridized carbons (Fsp3) is 0.300. The number of likely N-dealkylation sites (N-methyl/N-ethyl adjacent to an activating group) is 1. The molecule has 2 aromatic carbocycles. The zero-order valence-corrected chi connectivity index (χ0v) is 15.5. The number of amides is 3. The normalized spacial score (nSPS) is 12.4. The Labute approximate surface area is 158 Å². The van der Waals surface area contributed by atoms with Crippen molar-refractivity contribution in [3.63, 3.8) is 0 Å². The van der Waals surface area contributed by atoms with Gasteiger partial charge in [0.15, 0.2) is 6.61 Å². The van der Waals surface area contributed by atoms with Gasteiger partial charge < -0.3 is 25.6 Å². The molecule has 0 saturated carbocycles. The van der Waals surface area contributed by atoms with Gasteiger partial charge in [-0.2, -0.15) is 0 Å². The molecular weight excluding hydrogens is 344 g/mol. The number of hydrogen-bond donors (Lipinski definition) is 3. The summed E-state index contributed by atoms with van der Waals surface area (Å²) in [4.78, 5) is 25.7. The van der Waals surface area contributed by atoms with Crippen molar-refractivity contribution in [3.05, 3.63) is 48.0 Å². The molecule has 1 heterocycles. The minimum atomic E-state index is -0.293. The van der Waals surface area contributed by atoms with E-state index in [1.165, 1.54) is 5.56 Å². The van der Waals surface area contributed by atoms with Gasteiger partial charge in [0.2, 0.25) is 0 Å². The molecule has 0 aromatic heterocycles. The first-order chi connectivity index (χ1) is 13.0. The van der Waals surface area contributed by atoms with Crippen molar-refractivity contribution in [2.75, 3.05) is 41.8 Å². The van der Waals surface area contributed by atoms with E-state index in [0.29, 0.717) is 30.2 Å². The molecule has 0 bridgehead atoms. The van der Waals surface area contributed by atoms with Crippen LogP contribution in [0.5, 0.6) is 5.75 Å². The average molecular weight is 368 g/mol. The highest BCUT2D eigenvalue weighted by Gasteiger charge is 2.16. The maximum absolute atomic E-state index is 12.1. The Morgan fingerprint density at radius 3 is 2.89 bits per heavy atom. The van der Waals surface area contributed by atoms with Crippen molar-refractivity contribution in [2.24, 2.45) is 0 Å². The Kier molecular flexibility index (Phi) is 5.80. The molecule has 2 aromatic rings. The average Bonchev–Trinajstić information content (AvgIpc) is 2.65. The Morgan fingerprint density at radius 2 is 2.11 bits per heavy atom. The van der Waals surface area contributed by atoms with Crippen molar-refractivity contribution in [1.82, 2.24) is 5.32 Å². The van der Waals surface area contributed by atoms with Gasteiger partial charge >= 0.3 is 6.03 Å². The Hall–Kier alpha value is -3.22. The summed E-state index contributed by atoms with van der Waals surface area (Å²) in [5.74, 6) is 0.386. The van der Waals surface area contributed by atoms with E-state index in [0.717, 1.165) is 12.2 Å². The molecule has 0 fully saturated rings. The number of benzene rings is 2. The van der Waals surface area contributed by atoms with Crippen LogP contribution in [0.1, 0.15) is 12.5 Å². The quantitative estimate of drug-likeness (QED) is 0.732. The maximum Gasteiger partial charge on any atom is 0.319 e. The summed E-state index contributed by atoms with van der Waals surface area (Å²) in [7, 11) is 0. The van der Waals surface area contributed by atoms with Gasteiger partial charge in [-0.15, -0.1) is 0 Å². The molecule has 3 amide bonds. The number of anilines is 3. The topological polar surface area (TPSA) is 82.7 Å². The summed E-state index contributed by atoms with van der Waals surface area (Å²) in [5.41, 5.74) is 3.49. The summed E-state index contributed by atoms with van der Waals surface area (Å²) in [6, 6.07) is 13.1. The molecule has 27 heavy (non-hydrogen) atoms. The van der Waals surface area contributed by atoms with E-state index < -0.39 is 0 Å². The molecule has 142 valence electrons. The lowest BCUT2D eigenvalue weighted by Crippen LogP contribution is -2.37. The molecule has 3 rings (SSSR count). The zero-order valence-electron chi connectivity index (χ0n) is 15.5. The van der Waals surface area contributed by atoms with E-state index >= 15 is 0 Å². The standard InChI is InChI=1S/C20H24N4O3/c1-3-24(16-6-4-5-14(2)11-16)10-9-21-20(26)22-15-7-8-18-17(12-15)23-19(25)13-27-18/h4-8,11-12H,3,9-10,13H2,1-2H3,(H,23,25)(H2,21,22,26). The highest BCUT2D eigenvalue weighted by atomic mass is 16.5. The third kappa shape index (κ3) is 4.91. The summed E-state index contributed by atoms with van der Waals surface area (Å²) in [5, 5.41) is 8.35. The van der Waals surface area contributed by atoms with Crippen LogP contribution in [0.2, 0.25) is 0 Å². The van der Waals surface area contributed by atoms with E-state index in [4.69, 9.17) is 4.74 Å². The Morgan fingerprint density at radius 1 is 1.26 bits per heavy atom. The number of carbonyl (C=O) groups excluding carboxylic acids is 2. The number of rotatable bonds is 6. The Balaban J connectivity index is 1.51. The van der Waals surface area contributed by atoms with Crippen LogP contribution in [-0.2, 0) is 4.79 Å². The van der Waals surface area contributed by atoms with Crippen LogP contribution in [0, 0.1) is 6.92 Å². The summed E-state index contributed by atoms with van der Waals surface area (Å²) < 4.78 is 5.30. The number of ether oxygens (including phenoxy) is 1. The number of nitrogens with one attached hydrogen (secondary N) is 3. The smallest absolute Gasteiger partial charge is 0.319 e. The van der Waals surface area contributed by atoms with Gasteiger partial charge in [-0.25, -0.2) is 4.79 Å². The summed E-state index contributed by atoms with van der Waals surface area (Å²) in [6.07, 6.45) is 0. The van der Waals surface area contributed by atoms with Gasteiger partial charge in [-0.05, 0) is 49.7 Å². The molecule has 0 aliphatic carbocycles. The lowest BCUT2D eigenvalue weighted by molar-refractivity contribution is -0.118. The largest absolute Gasteiger partial charge is 0.482 e. The number of fused-ring (bicyclic) bond motifs is 1. The van der Waals surface area contributed by atoms with Crippen molar-refractivity contribution in [3.8, 4) is 5.75 Å². The fourth-order valence-corrected chi connectivity index (χ4v) is 2.94. The van der Waals surface area contributed by atoms with Gasteiger partial charge in [-0.1, -0.05) is 12.1 Å². The monoisotopic (exact) mass is 368 g/mol. The second-order valence-electron chi connectivity index (χ2n) is 6.35. The number of aryl methyl sites for hydroxylation is 1. The van der Waals surface area contributed by atoms with E-state index in [1.54, 1.807) is 18.2 Å². The predicted octanol–water partition coefficient (Wildman–Crippen LogP) is 2.97. The Bertz CT molecular complexity index is 838. The molecule has 0 radical (unpaired) electrons. The summed E-state index contributed by atoms with van der Waals surface area (Å²) in [6.45, 7) is 6.24. The third-order valence-electron chi connectivity index (χ3n) is 4.29. The number of urea groups is 1. The third-order valence-corrected chi connectivity index (χ3v) is 4.29. The first kappa shape index (κ1) is 18.6. The molecule has 0 spiro atoms. The fourth-order valence-electron chi connectivity index (χ4n) is 2.94. The molecule has 0 atom stereocenters. The van der Waals surface area contributed by atoms with Crippen LogP contribution < -0.4 is 25.6 Å². The van der Waals surface area contributed by atoms with E-state index in [-0.39, 0.29) is 18.5 Å². The van der Waals surface area contributed by atoms with Gasteiger partial charge in [0, 0.05) is 31.0 Å². The zero-order chi connectivity index (χ0) is 19.2. The first-order valence-electron chi connectivity index (χ1n) is 8.98. The molecule has 7 heteroatoms. The molecular formula is C20H24N4O3. The SMILES string of the molecule is CCN(CCNC(=O)Nc1ccc2c(c1)NC(=O)CO2)c1cccc(C)c1. The molecule has 1 aliphatic heterocycles. The first-order valence-corrected chi connectivity index (χ1v) is 8.98. The van der Waals surface area contributed by atoms with Gasteiger partial charge in [-0.3, -0.25) is 4.79 Å². The molecule has 0 unspecified atom stereocenters. The molecule has 1 aliphatic rings. The van der Waals surface area contributed by atoms with Crippen molar-refractivity contribution >= 4 is 29.0 Å². The highest BCUT2D eigenvalue weighted by molar-refractivity contribution is 5.97. The van der Waals surface area contributed by atoms with E-state index in [1.807, 2.05) is 6.07 Å². The minimum absolute atomic E-state index is 0.00906. The number of nitrogens with zero attached hydrogens (tertiary/aromatic N) is 1. The predicted molar refractivity (Wildman–Crippen MR) is 107 cm³/mol. The van der Waals surface area contributed by atoms with E-state index in [2.05, 4.69) is 52.9 Å². The number of hydrogen-bond acceptors (Lipinski definition) is 4. The van der Waals surface area contributed by atoms with Crippen LogP contribution in [-0.4, -0.2) is 38.2 Å². The van der Waals surface area contributed by atoms with Crippen molar-refractivity contribution < 1.29 is 14.3 Å². The van der Waals surface area contributed by atoms with Gasteiger partial charge in [0.05, 0.1) is 5.69 Å². The molecule has 3 N–H and O–H groups in total. The van der Waals surface area contributed by atoms with E-state index in [9.17, 15) is 9.59 Å². The van der Waals surface area contributed by atoms with Crippen LogP contribution in [0.4, 0.5) is 21.9 Å². The van der Waals surface area contributed by atoms with Crippen LogP contribution in [0.15, 0.2) is 42.5 Å². The maximum atomic E-state index is 12.1. The van der Waals surface area contributed by atoms with Gasteiger partial charge in [0.25, 0.3) is 5.91 Å². The van der Waals surface area contributed by atoms with Crippen LogP contribution in [0.3, 0.4) is 0 Å². The lowest BCUT2D eigenvalue weighted by atomic mass is 10.2. The minimum Gasteiger partial charge on any atom is -0.482 e. The lowest BCUT2D eigenvalue weighted by Gasteiger charge is -2.23. The second-order valence-corrected chi connectivity index (χ2v) is 6.35. The van der Waals surface area contributed by atoms with Crippen molar-refractivity contribution in [2.45, 2.75) is 13.8 Å². The molecule has 7 nitrogen and oxygen atoms in total. The summed E-state index contributed by atoms with van der Waals surface area (Å²) >= 11 is 0.